The van der Waals surface area contributed by atoms with E-state index in [1.54, 1.807) is 19.2 Å². The van der Waals surface area contributed by atoms with Crippen LogP contribution in [0.5, 0.6) is 11.5 Å². The van der Waals surface area contributed by atoms with Crippen molar-refractivity contribution in [3.05, 3.63) is 58.6 Å². The first-order valence-electron chi connectivity index (χ1n) is 8.76. The van der Waals surface area contributed by atoms with Gasteiger partial charge in [0, 0.05) is 6.07 Å². The Balaban J connectivity index is 1.46. The number of quaternary nitrogens is 1. The van der Waals surface area contributed by atoms with Crippen LogP contribution in [-0.4, -0.2) is 51.4 Å². The predicted octanol–water partition coefficient (Wildman–Crippen LogP) is 1.39. The summed E-state index contributed by atoms with van der Waals surface area (Å²) in [6.45, 7) is 5.06. The van der Waals surface area contributed by atoms with Gasteiger partial charge < -0.3 is 19.3 Å². The second-order valence-electron chi connectivity index (χ2n) is 6.26. The smallest absolute Gasteiger partial charge is 0.292 e. The first-order valence-corrected chi connectivity index (χ1v) is 8.76. The van der Waals surface area contributed by atoms with E-state index < -0.39 is 0 Å². The minimum Gasteiger partial charge on any atom is -0.497 e. The molecule has 2 aromatic rings. The zero-order valence-electron chi connectivity index (χ0n) is 14.9. The van der Waals surface area contributed by atoms with Gasteiger partial charge in [-0.3, -0.25) is 10.1 Å². The highest BCUT2D eigenvalue weighted by Gasteiger charge is 2.24. The van der Waals surface area contributed by atoms with Gasteiger partial charge in [0.25, 0.3) is 5.69 Å². The quantitative estimate of drug-likeness (QED) is 0.598. The number of hydrogen-bond acceptors (Lipinski definition) is 5. The first-order chi connectivity index (χ1) is 12.7. The van der Waals surface area contributed by atoms with Crippen molar-refractivity contribution in [2.75, 3.05) is 51.3 Å². The summed E-state index contributed by atoms with van der Waals surface area (Å²) in [5.41, 5.74) is 0.893. The third-order valence-corrected chi connectivity index (χ3v) is 4.67. The molecule has 1 N–H and O–H groups in total. The third kappa shape index (κ3) is 4.43. The van der Waals surface area contributed by atoms with Crippen LogP contribution in [-0.2, 0) is 0 Å². The Kier molecular flexibility index (Phi) is 5.91. The maximum absolute atomic E-state index is 11.2. The monoisotopic (exact) mass is 358 g/mol. The zero-order chi connectivity index (χ0) is 18.4. The van der Waals surface area contributed by atoms with Gasteiger partial charge in [-0.25, -0.2) is 0 Å². The normalized spacial score (nSPS) is 14.9. The summed E-state index contributed by atoms with van der Waals surface area (Å²) in [6.07, 6.45) is 0. The summed E-state index contributed by atoms with van der Waals surface area (Å²) in [4.78, 5) is 14.4. The molecule has 0 bridgehead atoms. The average molecular weight is 358 g/mol. The van der Waals surface area contributed by atoms with Gasteiger partial charge in [-0.15, -0.1) is 0 Å². The Morgan fingerprint density at radius 3 is 2.38 bits per heavy atom. The van der Waals surface area contributed by atoms with Crippen molar-refractivity contribution in [1.29, 1.82) is 0 Å². The van der Waals surface area contributed by atoms with Crippen molar-refractivity contribution in [2.45, 2.75) is 0 Å². The molecule has 0 aromatic heterocycles. The van der Waals surface area contributed by atoms with Crippen LogP contribution in [0.25, 0.3) is 0 Å². The molecule has 0 saturated carbocycles. The molecule has 7 nitrogen and oxygen atoms in total. The van der Waals surface area contributed by atoms with E-state index >= 15 is 0 Å². The lowest BCUT2D eigenvalue weighted by atomic mass is 10.2. The molecule has 0 spiro atoms. The van der Waals surface area contributed by atoms with Gasteiger partial charge in [0.2, 0.25) is 0 Å². The summed E-state index contributed by atoms with van der Waals surface area (Å²) in [6, 6.07) is 14.5. The van der Waals surface area contributed by atoms with Crippen LogP contribution in [0.1, 0.15) is 0 Å². The second-order valence-corrected chi connectivity index (χ2v) is 6.26. The van der Waals surface area contributed by atoms with Gasteiger partial charge in [0.1, 0.15) is 30.3 Å². The zero-order valence-corrected chi connectivity index (χ0v) is 14.9. The Hall–Kier alpha value is -2.80. The summed E-state index contributed by atoms with van der Waals surface area (Å²) >= 11 is 0. The van der Waals surface area contributed by atoms with Crippen LogP contribution in [0.2, 0.25) is 0 Å². The van der Waals surface area contributed by atoms with Crippen LogP contribution in [0.4, 0.5) is 11.4 Å². The topological polar surface area (TPSA) is 69.3 Å². The number of ether oxygens (including phenoxy) is 2. The van der Waals surface area contributed by atoms with Gasteiger partial charge in [0.05, 0.1) is 38.2 Å². The summed E-state index contributed by atoms with van der Waals surface area (Å²) < 4.78 is 10.9. The van der Waals surface area contributed by atoms with E-state index in [1.807, 2.05) is 36.4 Å². The van der Waals surface area contributed by atoms with E-state index in [0.29, 0.717) is 12.3 Å². The van der Waals surface area contributed by atoms with E-state index in [-0.39, 0.29) is 10.6 Å². The third-order valence-electron chi connectivity index (χ3n) is 4.67. The van der Waals surface area contributed by atoms with Gasteiger partial charge in [-0.05, 0) is 30.3 Å². The van der Waals surface area contributed by atoms with E-state index in [2.05, 4.69) is 4.90 Å². The van der Waals surface area contributed by atoms with E-state index in [1.165, 1.54) is 4.90 Å². The molecule has 7 heteroatoms. The van der Waals surface area contributed by atoms with Crippen LogP contribution in [0.3, 0.4) is 0 Å². The molecule has 1 aliphatic rings. The minimum atomic E-state index is -0.308. The Morgan fingerprint density at radius 2 is 1.73 bits per heavy atom. The van der Waals surface area contributed by atoms with Crippen molar-refractivity contribution in [3.8, 4) is 11.5 Å². The van der Waals surface area contributed by atoms with Crippen LogP contribution >= 0.6 is 0 Å². The van der Waals surface area contributed by atoms with Crippen LogP contribution in [0, 0.1) is 10.1 Å². The number of nitrogens with one attached hydrogen (secondary N) is 1. The molecule has 138 valence electrons. The number of methoxy groups -OCH3 is 1. The van der Waals surface area contributed by atoms with Crippen molar-refractivity contribution in [1.82, 2.24) is 0 Å². The summed E-state index contributed by atoms with van der Waals surface area (Å²) in [5, 5.41) is 11.2. The predicted molar refractivity (Wildman–Crippen MR) is 99.4 cm³/mol. The molecule has 26 heavy (non-hydrogen) atoms. The molecule has 0 radical (unpaired) electrons. The molecule has 0 unspecified atom stereocenters. The van der Waals surface area contributed by atoms with Gasteiger partial charge in [-0.1, -0.05) is 12.1 Å². The first kappa shape index (κ1) is 18.0. The molecule has 1 aliphatic heterocycles. The number of benzene rings is 2. The van der Waals surface area contributed by atoms with Crippen molar-refractivity contribution >= 4 is 11.4 Å². The van der Waals surface area contributed by atoms with E-state index in [9.17, 15) is 10.1 Å². The van der Waals surface area contributed by atoms with Gasteiger partial charge in [-0.2, -0.15) is 0 Å². The Morgan fingerprint density at radius 1 is 1.08 bits per heavy atom. The van der Waals surface area contributed by atoms with Crippen molar-refractivity contribution in [3.63, 3.8) is 0 Å². The number of anilines is 1. The summed E-state index contributed by atoms with van der Waals surface area (Å²) in [5.74, 6) is 1.65. The number of nitrogens with zero attached hydrogens (tertiary/aromatic N) is 2. The lowest BCUT2D eigenvalue weighted by molar-refractivity contribution is -0.900. The van der Waals surface area contributed by atoms with Gasteiger partial charge in [0.15, 0.2) is 0 Å². The molecule has 1 saturated heterocycles. The molecule has 1 heterocycles. The highest BCUT2D eigenvalue weighted by atomic mass is 16.6. The van der Waals surface area contributed by atoms with Crippen LogP contribution in [0.15, 0.2) is 48.5 Å². The number of para-hydroxylation sites is 2. The maximum Gasteiger partial charge on any atom is 0.292 e. The average Bonchev–Trinajstić information content (AvgIpc) is 2.69. The lowest BCUT2D eigenvalue weighted by Gasteiger charge is -2.33. The number of rotatable bonds is 7. The highest BCUT2D eigenvalue weighted by molar-refractivity contribution is 5.63. The SMILES string of the molecule is COc1ccc(OCC[NH+]2CCN(c3ccccc3[N+](=O)[O-])CC2)cc1. The Bertz CT molecular complexity index is 728. The molecule has 3 rings (SSSR count). The second kappa shape index (κ2) is 8.53. The molecule has 0 aliphatic carbocycles. The highest BCUT2D eigenvalue weighted by Crippen LogP contribution is 2.27. The number of nitro groups is 1. The summed E-state index contributed by atoms with van der Waals surface area (Å²) in [7, 11) is 1.64. The van der Waals surface area contributed by atoms with Crippen molar-refractivity contribution < 1.29 is 19.3 Å². The molecule has 2 aromatic carbocycles. The van der Waals surface area contributed by atoms with Gasteiger partial charge >= 0.3 is 0 Å². The van der Waals surface area contributed by atoms with Crippen molar-refractivity contribution in [2.24, 2.45) is 0 Å². The molecule has 0 amide bonds. The maximum atomic E-state index is 11.2. The number of piperazine rings is 1. The fourth-order valence-electron chi connectivity index (χ4n) is 3.18. The molecule has 0 atom stereocenters. The van der Waals surface area contributed by atoms with E-state index in [4.69, 9.17) is 9.47 Å². The fraction of sp³-hybridized carbons (Fsp3) is 0.368. The van der Waals surface area contributed by atoms with E-state index in [0.717, 1.165) is 44.2 Å². The minimum absolute atomic E-state index is 0.179. The number of hydrogen-bond donors (Lipinski definition) is 1. The standard InChI is InChI=1S/C19H23N3O4/c1-25-16-6-8-17(9-7-16)26-15-14-20-10-12-21(13-11-20)18-4-2-3-5-19(18)22(23)24/h2-9H,10-15H2,1H3/p+1. The molecule has 1 fully saturated rings. The molecular weight excluding hydrogens is 334 g/mol. The van der Waals surface area contributed by atoms with Crippen LogP contribution < -0.4 is 19.3 Å². The lowest BCUT2D eigenvalue weighted by Crippen LogP contribution is -3.15. The Labute approximate surface area is 152 Å². The molecular formula is C19H24N3O4+. The largest absolute Gasteiger partial charge is 0.497 e. The number of nitro benzene ring substituents is 1. The fourth-order valence-corrected chi connectivity index (χ4v) is 3.18.